The Kier molecular flexibility index (Phi) is 5.77. The highest BCUT2D eigenvalue weighted by molar-refractivity contribution is 6.20. The molecular weight excluding hydrogens is 462 g/mol. The summed E-state index contributed by atoms with van der Waals surface area (Å²) in [4.78, 5) is 39.3. The van der Waals surface area contributed by atoms with Gasteiger partial charge in [-0.1, -0.05) is 42.5 Å². The lowest BCUT2D eigenvalue weighted by Crippen LogP contribution is -2.31. The van der Waals surface area contributed by atoms with Gasteiger partial charge in [0.1, 0.15) is 11.3 Å². The minimum Gasteiger partial charge on any atom is -0.503 e. The van der Waals surface area contributed by atoms with Crippen LogP contribution >= 0.6 is 0 Å². The Morgan fingerprint density at radius 1 is 1.00 bits per heavy atom. The number of carbonyl (C=O) groups is 3. The topological polar surface area (TPSA) is 117 Å². The van der Waals surface area contributed by atoms with Gasteiger partial charge in [0.15, 0.2) is 11.5 Å². The van der Waals surface area contributed by atoms with Gasteiger partial charge in [0.2, 0.25) is 5.78 Å². The molecule has 0 aliphatic carbocycles. The monoisotopic (exact) mass is 483 g/mol. The van der Waals surface area contributed by atoms with E-state index in [4.69, 9.17) is 14.3 Å². The maximum absolute atomic E-state index is 13.7. The minimum absolute atomic E-state index is 0.00252. The van der Waals surface area contributed by atoms with Crippen LogP contribution in [0.3, 0.4) is 0 Å². The Morgan fingerprint density at radius 2 is 1.69 bits per heavy atom. The Morgan fingerprint density at radius 3 is 2.33 bits per heavy atom. The van der Waals surface area contributed by atoms with E-state index in [-0.39, 0.29) is 17.8 Å². The van der Waals surface area contributed by atoms with E-state index in [2.05, 4.69) is 0 Å². The average molecular weight is 483 g/mol. The number of carbonyl (C=O) groups excluding carboxylic acids is 2. The molecular formula is C28H21NO7. The van der Waals surface area contributed by atoms with Gasteiger partial charge in [0, 0.05) is 11.1 Å². The number of amides is 1. The highest BCUT2D eigenvalue weighted by atomic mass is 16.5. The number of carboxylic acid groups (broad SMARTS) is 1. The van der Waals surface area contributed by atoms with Crippen molar-refractivity contribution >= 4 is 34.3 Å². The molecule has 0 radical (unpaired) electrons. The van der Waals surface area contributed by atoms with Crippen LogP contribution in [0, 0.1) is 0 Å². The Labute approximate surface area is 205 Å². The standard InChI is InChI=1S/C28H21NO7/c1-35-20-12-8-17(9-13-20)25-24(26(32)22-15-18-4-2-3-5-21(18)36-22)27(33)28(34)29(25)19-10-6-16(7-11-19)14-23(30)31/h2-13,15,25,33H,14H2,1H3,(H,30,31). The number of aliphatic carboxylic acids is 1. The molecule has 2 heterocycles. The largest absolute Gasteiger partial charge is 0.503 e. The van der Waals surface area contributed by atoms with Crippen LogP contribution < -0.4 is 9.64 Å². The zero-order valence-electron chi connectivity index (χ0n) is 19.2. The number of furan rings is 1. The van der Waals surface area contributed by atoms with Gasteiger partial charge in [-0.3, -0.25) is 19.3 Å². The first-order valence-electron chi connectivity index (χ1n) is 11.1. The number of ketones is 1. The Bertz CT molecular complexity index is 1480. The lowest BCUT2D eigenvalue weighted by molar-refractivity contribution is -0.136. The predicted octanol–water partition coefficient (Wildman–Crippen LogP) is 4.85. The molecule has 8 heteroatoms. The van der Waals surface area contributed by atoms with Gasteiger partial charge in [-0.05, 0) is 47.5 Å². The van der Waals surface area contributed by atoms with Crippen molar-refractivity contribution < 1.29 is 33.8 Å². The number of hydrogen-bond acceptors (Lipinski definition) is 6. The Hall–Kier alpha value is -4.85. The van der Waals surface area contributed by atoms with E-state index in [1.807, 2.05) is 6.07 Å². The molecule has 1 amide bonds. The zero-order valence-corrected chi connectivity index (χ0v) is 19.2. The molecule has 36 heavy (non-hydrogen) atoms. The van der Waals surface area contributed by atoms with E-state index in [1.165, 1.54) is 12.0 Å². The van der Waals surface area contributed by atoms with Gasteiger partial charge in [0.05, 0.1) is 25.1 Å². The third-order valence-electron chi connectivity index (χ3n) is 6.10. The molecule has 0 saturated heterocycles. The number of Topliss-reactive ketones (excluding diaryl/α,β-unsaturated/α-hetero) is 1. The molecule has 8 nitrogen and oxygen atoms in total. The van der Waals surface area contributed by atoms with Crippen molar-refractivity contribution in [1.82, 2.24) is 0 Å². The summed E-state index contributed by atoms with van der Waals surface area (Å²) in [6.07, 6.45) is -0.171. The number of nitrogens with zero attached hydrogens (tertiary/aromatic N) is 1. The second kappa shape index (κ2) is 9.07. The number of aliphatic hydroxyl groups excluding tert-OH is 1. The van der Waals surface area contributed by atoms with Crippen LogP contribution in [0.2, 0.25) is 0 Å². The molecule has 0 saturated carbocycles. The van der Waals surface area contributed by atoms with E-state index in [9.17, 15) is 19.5 Å². The fourth-order valence-electron chi connectivity index (χ4n) is 4.38. The first-order chi connectivity index (χ1) is 17.4. The first kappa shape index (κ1) is 22.9. The second-order valence-corrected chi connectivity index (χ2v) is 8.33. The second-order valence-electron chi connectivity index (χ2n) is 8.33. The van der Waals surface area contributed by atoms with Crippen LogP contribution in [0.15, 0.2) is 94.6 Å². The highest BCUT2D eigenvalue weighted by Gasteiger charge is 2.45. The average Bonchev–Trinajstić information content (AvgIpc) is 3.43. The van der Waals surface area contributed by atoms with Crippen molar-refractivity contribution in [2.45, 2.75) is 12.5 Å². The number of aliphatic hydroxyl groups is 1. The van der Waals surface area contributed by atoms with Crippen molar-refractivity contribution in [3.05, 3.63) is 107 Å². The number of anilines is 1. The van der Waals surface area contributed by atoms with Gasteiger partial charge in [-0.25, -0.2) is 0 Å². The van der Waals surface area contributed by atoms with E-state index in [1.54, 1.807) is 72.8 Å². The summed E-state index contributed by atoms with van der Waals surface area (Å²) in [5.41, 5.74) is 1.92. The molecule has 0 fully saturated rings. The summed E-state index contributed by atoms with van der Waals surface area (Å²) >= 11 is 0. The third-order valence-corrected chi connectivity index (χ3v) is 6.10. The van der Waals surface area contributed by atoms with Gasteiger partial charge in [-0.2, -0.15) is 0 Å². The van der Waals surface area contributed by atoms with Crippen LogP contribution in [-0.4, -0.2) is 35.0 Å². The number of fused-ring (bicyclic) bond motifs is 1. The van der Waals surface area contributed by atoms with E-state index >= 15 is 0 Å². The molecule has 1 aliphatic rings. The van der Waals surface area contributed by atoms with Crippen LogP contribution in [0.5, 0.6) is 5.75 Å². The minimum atomic E-state index is -0.978. The molecule has 0 bridgehead atoms. The molecule has 1 aromatic heterocycles. The summed E-state index contributed by atoms with van der Waals surface area (Å²) in [5, 5.41) is 20.7. The lowest BCUT2D eigenvalue weighted by Gasteiger charge is -2.27. The number of benzene rings is 3. The first-order valence-corrected chi connectivity index (χ1v) is 11.1. The van der Waals surface area contributed by atoms with E-state index < -0.39 is 29.5 Å². The molecule has 4 aromatic rings. The molecule has 3 aromatic carbocycles. The number of carboxylic acids is 1. The molecule has 0 spiro atoms. The molecule has 2 N–H and O–H groups in total. The van der Waals surface area contributed by atoms with Crippen molar-refractivity contribution in [1.29, 1.82) is 0 Å². The zero-order chi connectivity index (χ0) is 25.4. The van der Waals surface area contributed by atoms with E-state index in [0.717, 1.165) is 5.39 Å². The number of para-hydroxylation sites is 1. The predicted molar refractivity (Wildman–Crippen MR) is 131 cm³/mol. The maximum Gasteiger partial charge on any atom is 0.307 e. The van der Waals surface area contributed by atoms with Crippen LogP contribution in [0.25, 0.3) is 11.0 Å². The number of ether oxygens (including phenoxy) is 1. The van der Waals surface area contributed by atoms with Crippen molar-refractivity contribution in [2.24, 2.45) is 0 Å². The number of hydrogen-bond donors (Lipinski definition) is 2. The highest BCUT2D eigenvalue weighted by Crippen LogP contribution is 2.42. The molecule has 5 rings (SSSR count). The summed E-state index contributed by atoms with van der Waals surface area (Å²) in [7, 11) is 1.53. The fraction of sp³-hybridized carbons (Fsp3) is 0.107. The van der Waals surface area contributed by atoms with Gasteiger partial charge in [-0.15, -0.1) is 0 Å². The van der Waals surface area contributed by atoms with Gasteiger partial charge in [0.25, 0.3) is 5.91 Å². The van der Waals surface area contributed by atoms with Crippen LogP contribution in [-0.2, 0) is 16.0 Å². The number of rotatable bonds is 7. The lowest BCUT2D eigenvalue weighted by atomic mass is 9.94. The molecule has 180 valence electrons. The van der Waals surface area contributed by atoms with Gasteiger partial charge >= 0.3 is 5.97 Å². The molecule has 1 atom stereocenters. The van der Waals surface area contributed by atoms with Crippen molar-refractivity contribution in [2.75, 3.05) is 12.0 Å². The quantitative estimate of drug-likeness (QED) is 0.361. The number of methoxy groups -OCH3 is 1. The summed E-state index contributed by atoms with van der Waals surface area (Å²) < 4.78 is 11.0. The van der Waals surface area contributed by atoms with Gasteiger partial charge < -0.3 is 19.4 Å². The maximum atomic E-state index is 13.7. The summed E-state index contributed by atoms with van der Waals surface area (Å²) in [6.45, 7) is 0. The third kappa shape index (κ3) is 3.98. The van der Waals surface area contributed by atoms with Crippen LogP contribution in [0.1, 0.15) is 27.7 Å². The normalized spacial score (nSPS) is 15.5. The SMILES string of the molecule is COc1ccc(C2C(C(=O)c3cc4ccccc4o3)=C(O)C(=O)N2c2ccc(CC(=O)O)cc2)cc1. The molecule has 1 aliphatic heterocycles. The smallest absolute Gasteiger partial charge is 0.307 e. The summed E-state index contributed by atoms with van der Waals surface area (Å²) in [6, 6.07) is 21.0. The Balaban J connectivity index is 1.60. The summed E-state index contributed by atoms with van der Waals surface area (Å²) in [5.74, 6) is -2.41. The van der Waals surface area contributed by atoms with Crippen molar-refractivity contribution in [3.63, 3.8) is 0 Å². The van der Waals surface area contributed by atoms with E-state index in [0.29, 0.717) is 28.1 Å². The fourth-order valence-corrected chi connectivity index (χ4v) is 4.38. The van der Waals surface area contributed by atoms with Crippen LogP contribution in [0.4, 0.5) is 5.69 Å². The molecule has 1 unspecified atom stereocenters. The van der Waals surface area contributed by atoms with Crippen molar-refractivity contribution in [3.8, 4) is 5.75 Å².